The van der Waals surface area contributed by atoms with Gasteiger partial charge in [-0.15, -0.1) is 0 Å². The predicted octanol–water partition coefficient (Wildman–Crippen LogP) is 3.81. The molecule has 0 fully saturated rings. The molecule has 0 radical (unpaired) electrons. The van der Waals surface area contributed by atoms with E-state index in [4.69, 9.17) is 4.74 Å². The molecule has 1 heterocycles. The van der Waals surface area contributed by atoms with Crippen molar-refractivity contribution in [1.29, 1.82) is 0 Å². The first-order valence-corrected chi connectivity index (χ1v) is 8.32. The third-order valence-corrected chi connectivity index (χ3v) is 3.87. The number of aryl methyl sites for hydroxylation is 1. The van der Waals surface area contributed by atoms with Crippen LogP contribution in [0.4, 0.5) is 0 Å². The fraction of sp³-hybridized carbons (Fsp3) is 0.250. The van der Waals surface area contributed by atoms with E-state index in [0.717, 1.165) is 42.1 Å². The number of H-pyrrole nitrogens is 1. The monoisotopic (exact) mass is 321 g/mol. The molecule has 4 heteroatoms. The zero-order valence-corrected chi connectivity index (χ0v) is 14.0. The number of nitrogens with one attached hydrogen (secondary N) is 2. The van der Waals surface area contributed by atoms with Crippen LogP contribution < -0.4 is 10.1 Å². The summed E-state index contributed by atoms with van der Waals surface area (Å²) in [4.78, 5) is 0. The van der Waals surface area contributed by atoms with Gasteiger partial charge in [0.25, 0.3) is 0 Å². The molecule has 0 aliphatic rings. The van der Waals surface area contributed by atoms with Crippen molar-refractivity contribution in [2.45, 2.75) is 19.4 Å². The van der Waals surface area contributed by atoms with Gasteiger partial charge in [-0.05, 0) is 43.7 Å². The van der Waals surface area contributed by atoms with Gasteiger partial charge in [0.15, 0.2) is 0 Å². The summed E-state index contributed by atoms with van der Waals surface area (Å²) in [6.45, 7) is 1.47. The lowest BCUT2D eigenvalue weighted by Crippen LogP contribution is -2.04. The van der Waals surface area contributed by atoms with Crippen molar-refractivity contribution in [2.75, 3.05) is 13.7 Å². The Morgan fingerprint density at radius 2 is 1.83 bits per heavy atom. The lowest BCUT2D eigenvalue weighted by molar-refractivity contribution is 0.312. The highest BCUT2D eigenvalue weighted by Crippen LogP contribution is 2.28. The minimum absolute atomic E-state index is 0.694. The molecule has 24 heavy (non-hydrogen) atoms. The molecule has 0 spiro atoms. The summed E-state index contributed by atoms with van der Waals surface area (Å²) >= 11 is 0. The molecule has 0 bridgehead atoms. The summed E-state index contributed by atoms with van der Waals surface area (Å²) in [7, 11) is 1.92. The van der Waals surface area contributed by atoms with Crippen LogP contribution in [0.1, 0.15) is 17.7 Å². The Balaban J connectivity index is 1.61. The lowest BCUT2D eigenvalue weighted by atomic mass is 10.1. The van der Waals surface area contributed by atoms with Crippen molar-refractivity contribution in [3.05, 3.63) is 71.9 Å². The van der Waals surface area contributed by atoms with Crippen LogP contribution in [0.5, 0.6) is 5.75 Å². The maximum atomic E-state index is 6.01. The number of para-hydroxylation sites is 1. The molecule has 2 aromatic carbocycles. The highest BCUT2D eigenvalue weighted by Gasteiger charge is 2.09. The molecule has 0 saturated heterocycles. The van der Waals surface area contributed by atoms with E-state index < -0.39 is 0 Å². The van der Waals surface area contributed by atoms with Gasteiger partial charge in [0.1, 0.15) is 5.75 Å². The maximum Gasteiger partial charge on any atom is 0.128 e. The fourth-order valence-corrected chi connectivity index (χ4v) is 2.69. The van der Waals surface area contributed by atoms with Crippen LogP contribution in [0.3, 0.4) is 0 Å². The van der Waals surface area contributed by atoms with Crippen LogP contribution in [0, 0.1) is 0 Å². The zero-order valence-electron chi connectivity index (χ0n) is 14.0. The number of rotatable bonds is 8. The summed E-state index contributed by atoms with van der Waals surface area (Å²) in [6, 6.07) is 20.6. The number of aromatic amines is 1. The van der Waals surface area contributed by atoms with E-state index in [1.807, 2.05) is 37.4 Å². The lowest BCUT2D eigenvalue weighted by Gasteiger charge is -2.10. The molecule has 3 aromatic rings. The van der Waals surface area contributed by atoms with Crippen LogP contribution in [0.25, 0.3) is 11.3 Å². The molecule has 0 amide bonds. The van der Waals surface area contributed by atoms with Crippen molar-refractivity contribution in [1.82, 2.24) is 15.5 Å². The van der Waals surface area contributed by atoms with E-state index in [0.29, 0.717) is 6.61 Å². The summed E-state index contributed by atoms with van der Waals surface area (Å²) in [5.74, 6) is 0.882. The number of nitrogens with zero attached hydrogens (tertiary/aromatic N) is 1. The van der Waals surface area contributed by atoms with Crippen LogP contribution in [-0.4, -0.2) is 23.9 Å². The smallest absolute Gasteiger partial charge is 0.128 e. The van der Waals surface area contributed by atoms with E-state index in [1.165, 1.54) is 5.56 Å². The van der Waals surface area contributed by atoms with Gasteiger partial charge in [0, 0.05) is 17.8 Å². The normalized spacial score (nSPS) is 10.7. The van der Waals surface area contributed by atoms with E-state index in [1.54, 1.807) is 0 Å². The quantitative estimate of drug-likeness (QED) is 0.620. The summed E-state index contributed by atoms with van der Waals surface area (Å²) in [5.41, 5.74) is 4.35. The summed E-state index contributed by atoms with van der Waals surface area (Å²) in [5, 5.41) is 10.6. The Morgan fingerprint density at radius 1 is 1.04 bits per heavy atom. The minimum atomic E-state index is 0.694. The number of aromatic nitrogens is 2. The van der Waals surface area contributed by atoms with Crippen molar-refractivity contribution < 1.29 is 4.74 Å². The average molecular weight is 321 g/mol. The topological polar surface area (TPSA) is 49.9 Å². The van der Waals surface area contributed by atoms with Crippen molar-refractivity contribution in [3.63, 3.8) is 0 Å². The summed E-state index contributed by atoms with van der Waals surface area (Å²) < 4.78 is 6.01. The van der Waals surface area contributed by atoms with Gasteiger partial charge in [0.05, 0.1) is 12.3 Å². The average Bonchev–Trinajstić information content (AvgIpc) is 3.09. The SMILES string of the molecule is CNCc1cc(-c2ccccc2OCCCc2ccccc2)n[nH]1. The second-order valence-electron chi connectivity index (χ2n) is 5.74. The van der Waals surface area contributed by atoms with Gasteiger partial charge < -0.3 is 10.1 Å². The first-order valence-electron chi connectivity index (χ1n) is 8.32. The third kappa shape index (κ3) is 4.24. The second-order valence-corrected chi connectivity index (χ2v) is 5.74. The Bertz CT molecular complexity index is 752. The molecule has 1 aromatic heterocycles. The molecule has 2 N–H and O–H groups in total. The molecular weight excluding hydrogens is 298 g/mol. The van der Waals surface area contributed by atoms with E-state index in [9.17, 15) is 0 Å². The number of ether oxygens (including phenoxy) is 1. The highest BCUT2D eigenvalue weighted by atomic mass is 16.5. The molecule has 0 aliphatic heterocycles. The molecule has 0 unspecified atom stereocenters. The predicted molar refractivity (Wildman–Crippen MR) is 97.0 cm³/mol. The number of hydrogen-bond acceptors (Lipinski definition) is 3. The first-order chi connectivity index (χ1) is 11.9. The van der Waals surface area contributed by atoms with Crippen LogP contribution in [-0.2, 0) is 13.0 Å². The molecule has 3 rings (SSSR count). The number of benzene rings is 2. The fourth-order valence-electron chi connectivity index (χ4n) is 2.69. The maximum absolute atomic E-state index is 6.01. The molecule has 4 nitrogen and oxygen atoms in total. The van der Waals surface area contributed by atoms with Gasteiger partial charge in [-0.2, -0.15) is 5.10 Å². The van der Waals surface area contributed by atoms with Crippen LogP contribution in [0.15, 0.2) is 60.7 Å². The summed E-state index contributed by atoms with van der Waals surface area (Å²) in [6.07, 6.45) is 2.02. The molecular formula is C20H23N3O. The zero-order chi connectivity index (χ0) is 16.6. The van der Waals surface area contributed by atoms with Gasteiger partial charge in [0.2, 0.25) is 0 Å². The van der Waals surface area contributed by atoms with Crippen LogP contribution in [0.2, 0.25) is 0 Å². The Kier molecular flexibility index (Phi) is 5.64. The third-order valence-electron chi connectivity index (χ3n) is 3.87. The van der Waals surface area contributed by atoms with Gasteiger partial charge in [-0.3, -0.25) is 5.10 Å². The van der Waals surface area contributed by atoms with Crippen molar-refractivity contribution in [2.24, 2.45) is 0 Å². The van der Waals surface area contributed by atoms with Crippen molar-refractivity contribution >= 4 is 0 Å². The Hall–Kier alpha value is -2.59. The molecule has 124 valence electrons. The minimum Gasteiger partial charge on any atom is -0.493 e. The van der Waals surface area contributed by atoms with E-state index in [-0.39, 0.29) is 0 Å². The van der Waals surface area contributed by atoms with Gasteiger partial charge >= 0.3 is 0 Å². The largest absolute Gasteiger partial charge is 0.493 e. The highest BCUT2D eigenvalue weighted by molar-refractivity contribution is 5.67. The number of hydrogen-bond donors (Lipinski definition) is 2. The first kappa shape index (κ1) is 16.3. The van der Waals surface area contributed by atoms with E-state index >= 15 is 0 Å². The molecule has 0 saturated carbocycles. The standard InChI is InChI=1S/C20H23N3O/c1-21-15-17-14-19(23-22-17)18-11-5-6-12-20(18)24-13-7-10-16-8-3-2-4-9-16/h2-6,8-9,11-12,14,21H,7,10,13,15H2,1H3,(H,22,23). The molecule has 0 aliphatic carbocycles. The van der Waals surface area contributed by atoms with E-state index in [2.05, 4.69) is 45.8 Å². The van der Waals surface area contributed by atoms with Gasteiger partial charge in [-0.25, -0.2) is 0 Å². The Labute approximate surface area is 142 Å². The second kappa shape index (κ2) is 8.31. The van der Waals surface area contributed by atoms with Crippen LogP contribution >= 0.6 is 0 Å². The van der Waals surface area contributed by atoms with Crippen molar-refractivity contribution in [3.8, 4) is 17.0 Å². The molecule has 0 atom stereocenters. The Morgan fingerprint density at radius 3 is 2.67 bits per heavy atom. The van der Waals surface area contributed by atoms with Gasteiger partial charge in [-0.1, -0.05) is 42.5 Å².